The molecule has 144 valence electrons. The second kappa shape index (κ2) is 8.25. The molecule has 0 aliphatic carbocycles. The highest BCUT2D eigenvalue weighted by Crippen LogP contribution is 2.29. The molecule has 27 heavy (non-hydrogen) atoms. The Labute approximate surface area is 155 Å². The summed E-state index contributed by atoms with van der Waals surface area (Å²) in [6.07, 6.45) is -2.01. The molecule has 0 aliphatic rings. The minimum atomic E-state index is -4.48. The zero-order valence-electron chi connectivity index (χ0n) is 14.3. The monoisotopic (exact) mass is 394 g/mol. The molecule has 2 aromatic rings. The van der Waals surface area contributed by atoms with Crippen LogP contribution in [0.5, 0.6) is 0 Å². The zero-order valence-corrected chi connectivity index (χ0v) is 15.1. The van der Waals surface area contributed by atoms with Crippen LogP contribution in [0.2, 0.25) is 0 Å². The summed E-state index contributed by atoms with van der Waals surface area (Å²) < 4.78 is 27.0. The number of para-hydroxylation sites is 1. The third-order valence-corrected chi connectivity index (χ3v) is 5.97. The van der Waals surface area contributed by atoms with Gasteiger partial charge in [0.1, 0.15) is 0 Å². The summed E-state index contributed by atoms with van der Waals surface area (Å²) in [7, 11) is -4.48. The second-order valence-electron chi connectivity index (χ2n) is 5.78. The predicted molar refractivity (Wildman–Crippen MR) is 95.4 cm³/mol. The van der Waals surface area contributed by atoms with Gasteiger partial charge in [-0.1, -0.05) is 42.5 Å². The van der Waals surface area contributed by atoms with Gasteiger partial charge in [-0.2, -0.15) is 4.31 Å². The molecule has 0 spiro atoms. The summed E-state index contributed by atoms with van der Waals surface area (Å²) in [5.41, 5.74) is -0.100. The molecular weight excluding hydrogens is 376 g/mol. The third-order valence-electron chi connectivity index (χ3n) is 3.99. The van der Waals surface area contributed by atoms with Gasteiger partial charge < -0.3 is 10.2 Å². The van der Waals surface area contributed by atoms with Gasteiger partial charge in [-0.15, -0.1) is 0 Å². The average molecular weight is 394 g/mol. The van der Waals surface area contributed by atoms with Crippen molar-refractivity contribution >= 4 is 21.7 Å². The Morgan fingerprint density at radius 3 is 2.26 bits per heavy atom. The van der Waals surface area contributed by atoms with Gasteiger partial charge in [0, 0.05) is 12.6 Å². The topological polar surface area (TPSA) is 138 Å². The van der Waals surface area contributed by atoms with E-state index in [1.165, 1.54) is 19.1 Å². The molecule has 0 amide bonds. The molecule has 0 unspecified atom stereocenters. The van der Waals surface area contributed by atoms with E-state index < -0.39 is 43.6 Å². The Balaban J connectivity index is 2.58. The maximum Gasteiger partial charge on any atom is 0.334 e. The number of hydrogen-bond donors (Lipinski definition) is 2. The quantitative estimate of drug-likeness (QED) is 0.512. The van der Waals surface area contributed by atoms with E-state index >= 15 is 0 Å². The molecule has 0 aromatic heterocycles. The summed E-state index contributed by atoms with van der Waals surface area (Å²) in [4.78, 5) is 21.0. The molecule has 0 fully saturated rings. The highest BCUT2D eigenvalue weighted by atomic mass is 32.2. The van der Waals surface area contributed by atoms with Crippen LogP contribution in [0.3, 0.4) is 0 Å². The summed E-state index contributed by atoms with van der Waals surface area (Å²) in [6.45, 7) is 0.967. The standard InChI is InChI=1S/C17H18N2O7S/c1-12(16(20)17(21)22)18(11-13-7-3-2-4-8-13)27(25,26)15-10-6-5-9-14(15)19(23)24/h2-10,12,16,20H,11H2,1H3,(H,21,22)/t12-,16-/m0/s1. The van der Waals surface area contributed by atoms with Crippen molar-refractivity contribution in [1.29, 1.82) is 0 Å². The van der Waals surface area contributed by atoms with Crippen LogP contribution >= 0.6 is 0 Å². The molecule has 0 saturated carbocycles. The number of nitro groups is 1. The Morgan fingerprint density at radius 1 is 1.15 bits per heavy atom. The number of aliphatic hydroxyl groups excluding tert-OH is 1. The van der Waals surface area contributed by atoms with E-state index in [1.54, 1.807) is 30.3 Å². The maximum atomic E-state index is 13.1. The SMILES string of the molecule is C[C@@H]([C@H](O)C(=O)O)N(Cc1ccccc1)S(=O)(=O)c1ccccc1[N+](=O)[O-]. The highest BCUT2D eigenvalue weighted by molar-refractivity contribution is 7.89. The summed E-state index contributed by atoms with van der Waals surface area (Å²) in [5, 5.41) is 30.2. The first-order valence-corrected chi connectivity index (χ1v) is 9.30. The summed E-state index contributed by atoms with van der Waals surface area (Å²) >= 11 is 0. The van der Waals surface area contributed by atoms with E-state index in [0.717, 1.165) is 16.4 Å². The molecule has 9 nitrogen and oxygen atoms in total. The molecule has 0 heterocycles. The van der Waals surface area contributed by atoms with E-state index in [0.29, 0.717) is 5.56 Å². The number of carboxylic acids is 1. The van der Waals surface area contributed by atoms with E-state index in [4.69, 9.17) is 5.11 Å². The van der Waals surface area contributed by atoms with Crippen LogP contribution in [0.4, 0.5) is 5.69 Å². The van der Waals surface area contributed by atoms with Crippen LogP contribution in [0.25, 0.3) is 0 Å². The van der Waals surface area contributed by atoms with E-state index in [-0.39, 0.29) is 6.54 Å². The lowest BCUT2D eigenvalue weighted by Gasteiger charge is -2.30. The van der Waals surface area contributed by atoms with Gasteiger partial charge in [-0.05, 0) is 18.6 Å². The Morgan fingerprint density at radius 2 is 1.70 bits per heavy atom. The first kappa shape index (κ1) is 20.5. The minimum absolute atomic E-state index is 0.263. The van der Waals surface area contributed by atoms with Crippen LogP contribution < -0.4 is 0 Å². The van der Waals surface area contributed by atoms with Crippen molar-refractivity contribution in [3.63, 3.8) is 0 Å². The molecule has 0 saturated heterocycles. The third kappa shape index (κ3) is 4.48. The van der Waals surface area contributed by atoms with Crippen molar-refractivity contribution in [2.24, 2.45) is 0 Å². The number of nitrogens with zero attached hydrogens (tertiary/aromatic N) is 2. The van der Waals surface area contributed by atoms with Gasteiger partial charge in [0.2, 0.25) is 0 Å². The summed E-state index contributed by atoms with van der Waals surface area (Å²) in [5.74, 6) is -1.60. The highest BCUT2D eigenvalue weighted by Gasteiger charge is 2.38. The number of aliphatic carboxylic acids is 1. The number of aliphatic hydroxyl groups is 1. The van der Waals surface area contributed by atoms with Crippen LogP contribution in [0, 0.1) is 10.1 Å². The van der Waals surface area contributed by atoms with Gasteiger partial charge in [0.05, 0.1) is 11.0 Å². The summed E-state index contributed by atoms with van der Waals surface area (Å²) in [6, 6.07) is 11.7. The lowest BCUT2D eigenvalue weighted by Crippen LogP contribution is -2.47. The minimum Gasteiger partial charge on any atom is -0.479 e. The molecule has 0 radical (unpaired) electrons. The fourth-order valence-corrected chi connectivity index (χ4v) is 4.31. The number of hydrogen-bond acceptors (Lipinski definition) is 6. The van der Waals surface area contributed by atoms with E-state index in [9.17, 15) is 28.4 Å². The van der Waals surface area contributed by atoms with Crippen LogP contribution in [-0.2, 0) is 21.4 Å². The number of benzene rings is 2. The second-order valence-corrected chi connectivity index (χ2v) is 7.64. The number of carbonyl (C=O) groups is 1. The van der Waals surface area contributed by atoms with Crippen molar-refractivity contribution in [3.05, 3.63) is 70.3 Å². The molecular formula is C17H18N2O7S. The van der Waals surface area contributed by atoms with Crippen LogP contribution in [0.15, 0.2) is 59.5 Å². The van der Waals surface area contributed by atoms with E-state index in [1.807, 2.05) is 0 Å². The number of carboxylic acid groups (broad SMARTS) is 1. The van der Waals surface area contributed by atoms with Gasteiger partial charge in [-0.3, -0.25) is 10.1 Å². The Bertz CT molecular complexity index is 931. The van der Waals surface area contributed by atoms with Crippen LogP contribution in [0.1, 0.15) is 12.5 Å². The molecule has 2 atom stereocenters. The predicted octanol–water partition coefficient (Wildman–Crippen LogP) is 1.62. The smallest absolute Gasteiger partial charge is 0.334 e. The fraction of sp³-hybridized carbons (Fsp3) is 0.235. The lowest BCUT2D eigenvalue weighted by atomic mass is 10.1. The molecule has 2 rings (SSSR count). The van der Waals surface area contributed by atoms with E-state index in [2.05, 4.69) is 0 Å². The molecule has 10 heteroatoms. The lowest BCUT2D eigenvalue weighted by molar-refractivity contribution is -0.387. The van der Waals surface area contributed by atoms with Crippen molar-refractivity contribution in [3.8, 4) is 0 Å². The molecule has 0 bridgehead atoms. The van der Waals surface area contributed by atoms with Gasteiger partial charge in [0.25, 0.3) is 15.7 Å². The van der Waals surface area contributed by atoms with Crippen molar-refractivity contribution in [2.45, 2.75) is 30.5 Å². The number of sulfonamides is 1. The van der Waals surface area contributed by atoms with Gasteiger partial charge in [-0.25, -0.2) is 13.2 Å². The Hall–Kier alpha value is -2.82. The van der Waals surface area contributed by atoms with Crippen LogP contribution in [-0.4, -0.2) is 46.0 Å². The number of nitro benzene ring substituents is 1. The molecule has 2 aromatic carbocycles. The molecule has 2 N–H and O–H groups in total. The number of rotatable bonds is 8. The first-order valence-electron chi connectivity index (χ1n) is 7.86. The van der Waals surface area contributed by atoms with Gasteiger partial charge >= 0.3 is 5.97 Å². The first-order chi connectivity index (χ1) is 12.7. The van der Waals surface area contributed by atoms with Crippen molar-refractivity contribution in [1.82, 2.24) is 4.31 Å². The maximum absolute atomic E-state index is 13.1. The average Bonchev–Trinajstić information content (AvgIpc) is 2.65. The normalized spacial score (nSPS) is 13.9. The van der Waals surface area contributed by atoms with Gasteiger partial charge in [0.15, 0.2) is 11.0 Å². The zero-order chi connectivity index (χ0) is 20.2. The largest absolute Gasteiger partial charge is 0.479 e. The van der Waals surface area contributed by atoms with Crippen molar-refractivity contribution in [2.75, 3.05) is 0 Å². The molecule has 0 aliphatic heterocycles. The Kier molecular flexibility index (Phi) is 6.26. The van der Waals surface area contributed by atoms with Crippen molar-refractivity contribution < 1.29 is 28.3 Å². The fourth-order valence-electron chi connectivity index (χ4n) is 2.53.